The van der Waals surface area contributed by atoms with E-state index < -0.39 is 0 Å². The van der Waals surface area contributed by atoms with Crippen LogP contribution < -0.4 is 0 Å². The van der Waals surface area contributed by atoms with Crippen molar-refractivity contribution in [3.63, 3.8) is 0 Å². The summed E-state index contributed by atoms with van der Waals surface area (Å²) in [6.45, 7) is 3.06. The third kappa shape index (κ3) is 3.54. The van der Waals surface area contributed by atoms with Crippen molar-refractivity contribution in [3.05, 3.63) is 17.5 Å². The van der Waals surface area contributed by atoms with Gasteiger partial charge in [-0.3, -0.25) is 9.48 Å². The van der Waals surface area contributed by atoms with Crippen LogP contribution in [0.5, 0.6) is 0 Å². The van der Waals surface area contributed by atoms with Crippen LogP contribution in [0.25, 0.3) is 0 Å². The zero-order valence-electron chi connectivity index (χ0n) is 10.6. The number of carbonyl (C=O) groups is 1. The number of aryl methyl sites for hydroxylation is 1. The van der Waals surface area contributed by atoms with Gasteiger partial charge in [0.15, 0.2) is 0 Å². The number of hydrogen-bond acceptors (Lipinski definition) is 3. The number of ether oxygens (including phenoxy) is 1. The summed E-state index contributed by atoms with van der Waals surface area (Å²) in [6, 6.07) is 0. The van der Waals surface area contributed by atoms with Crippen LogP contribution in [0.4, 0.5) is 0 Å². The molecule has 1 heterocycles. The molecule has 1 unspecified atom stereocenters. The Balaban J connectivity index is 2.67. The summed E-state index contributed by atoms with van der Waals surface area (Å²) in [5.41, 5.74) is 1.52. The molecule has 0 N–H and O–H groups in total. The lowest BCUT2D eigenvalue weighted by molar-refractivity contribution is 0.0783. The van der Waals surface area contributed by atoms with Gasteiger partial charge in [-0.15, -0.1) is 0 Å². The number of hydrogen-bond donors (Lipinski definition) is 0. The second kappa shape index (κ2) is 6.16. The number of alkyl halides is 1. The summed E-state index contributed by atoms with van der Waals surface area (Å²) in [7, 11) is 5.24. The van der Waals surface area contributed by atoms with Crippen molar-refractivity contribution >= 4 is 21.8 Å². The first kappa shape index (κ1) is 14.2. The van der Waals surface area contributed by atoms with Crippen molar-refractivity contribution in [3.8, 4) is 0 Å². The topological polar surface area (TPSA) is 47.4 Å². The van der Waals surface area contributed by atoms with E-state index in [9.17, 15) is 4.79 Å². The second-order valence-corrected chi connectivity index (χ2v) is 5.30. The molecule has 1 aromatic rings. The molecule has 1 aromatic heterocycles. The summed E-state index contributed by atoms with van der Waals surface area (Å²) < 4.78 is 6.71. The van der Waals surface area contributed by atoms with Gasteiger partial charge in [-0.25, -0.2) is 0 Å². The van der Waals surface area contributed by atoms with E-state index in [1.165, 1.54) is 0 Å². The molecule has 5 nitrogen and oxygen atoms in total. The van der Waals surface area contributed by atoms with Crippen molar-refractivity contribution in [2.45, 2.75) is 11.8 Å². The van der Waals surface area contributed by atoms with Crippen LogP contribution in [-0.4, -0.2) is 52.7 Å². The minimum atomic E-state index is -0.0175. The van der Waals surface area contributed by atoms with E-state index in [0.717, 1.165) is 5.69 Å². The van der Waals surface area contributed by atoms with E-state index in [0.29, 0.717) is 18.7 Å². The molecular weight excluding hydrogens is 286 g/mol. The van der Waals surface area contributed by atoms with Gasteiger partial charge in [-0.2, -0.15) is 5.10 Å². The Hall–Kier alpha value is -0.880. The predicted molar refractivity (Wildman–Crippen MR) is 69.5 cm³/mol. The molecule has 1 amide bonds. The Morgan fingerprint density at radius 2 is 2.35 bits per heavy atom. The van der Waals surface area contributed by atoms with E-state index >= 15 is 0 Å². The highest BCUT2D eigenvalue weighted by molar-refractivity contribution is 9.09. The first-order valence-electron chi connectivity index (χ1n) is 5.34. The van der Waals surface area contributed by atoms with Gasteiger partial charge in [0.25, 0.3) is 5.91 Å². The van der Waals surface area contributed by atoms with Crippen LogP contribution in [0.1, 0.15) is 16.1 Å². The van der Waals surface area contributed by atoms with Crippen LogP contribution in [0.2, 0.25) is 0 Å². The average molecular weight is 304 g/mol. The van der Waals surface area contributed by atoms with Crippen molar-refractivity contribution in [1.82, 2.24) is 14.7 Å². The number of aromatic nitrogens is 2. The SMILES string of the molecule is COCC(Br)CN(C)C(=O)c1cnn(C)c1C. The average Bonchev–Trinajstić information content (AvgIpc) is 2.59. The number of carbonyl (C=O) groups excluding carboxylic acids is 1. The Labute approximate surface area is 110 Å². The quantitative estimate of drug-likeness (QED) is 0.768. The molecular formula is C11H18BrN3O2. The molecule has 0 aliphatic heterocycles. The summed E-state index contributed by atoms with van der Waals surface area (Å²) in [4.78, 5) is 13.9. The number of halogens is 1. The summed E-state index contributed by atoms with van der Waals surface area (Å²) >= 11 is 3.46. The molecule has 0 fully saturated rings. The third-order valence-electron chi connectivity index (χ3n) is 2.63. The van der Waals surface area contributed by atoms with E-state index in [4.69, 9.17) is 4.74 Å². The highest BCUT2D eigenvalue weighted by atomic mass is 79.9. The Bertz CT molecular complexity index is 392. The molecule has 0 bridgehead atoms. The van der Waals surface area contributed by atoms with E-state index in [1.807, 2.05) is 14.0 Å². The maximum atomic E-state index is 12.1. The lowest BCUT2D eigenvalue weighted by atomic mass is 10.2. The van der Waals surface area contributed by atoms with Crippen LogP contribution in [0.15, 0.2) is 6.20 Å². The van der Waals surface area contributed by atoms with Gasteiger partial charge >= 0.3 is 0 Å². The fraction of sp³-hybridized carbons (Fsp3) is 0.636. The zero-order chi connectivity index (χ0) is 13.0. The Morgan fingerprint density at radius 3 is 2.82 bits per heavy atom. The van der Waals surface area contributed by atoms with E-state index in [2.05, 4.69) is 21.0 Å². The van der Waals surface area contributed by atoms with Crippen molar-refractivity contribution < 1.29 is 9.53 Å². The number of methoxy groups -OCH3 is 1. The van der Waals surface area contributed by atoms with Gasteiger partial charge in [-0.1, -0.05) is 15.9 Å². The molecule has 0 saturated heterocycles. The first-order chi connectivity index (χ1) is 7.97. The monoisotopic (exact) mass is 303 g/mol. The highest BCUT2D eigenvalue weighted by Crippen LogP contribution is 2.10. The molecule has 0 aliphatic carbocycles. The van der Waals surface area contributed by atoms with Crippen LogP contribution in [0.3, 0.4) is 0 Å². The van der Waals surface area contributed by atoms with Crippen molar-refractivity contribution in [2.24, 2.45) is 7.05 Å². The fourth-order valence-electron chi connectivity index (χ4n) is 1.53. The minimum Gasteiger partial charge on any atom is -0.383 e. The molecule has 6 heteroatoms. The van der Waals surface area contributed by atoms with Gasteiger partial charge in [-0.05, 0) is 6.92 Å². The third-order valence-corrected chi connectivity index (χ3v) is 3.19. The van der Waals surface area contributed by atoms with E-state index in [1.54, 1.807) is 29.9 Å². The number of nitrogens with zero attached hydrogens (tertiary/aromatic N) is 3. The minimum absolute atomic E-state index is 0.0175. The molecule has 0 saturated carbocycles. The summed E-state index contributed by atoms with van der Waals surface area (Å²) in [5.74, 6) is -0.0175. The Morgan fingerprint density at radius 1 is 1.71 bits per heavy atom. The zero-order valence-corrected chi connectivity index (χ0v) is 12.2. The lowest BCUT2D eigenvalue weighted by Crippen LogP contribution is -2.33. The second-order valence-electron chi connectivity index (χ2n) is 4.01. The van der Waals surface area contributed by atoms with Crippen LogP contribution in [0, 0.1) is 6.92 Å². The largest absolute Gasteiger partial charge is 0.383 e. The lowest BCUT2D eigenvalue weighted by Gasteiger charge is -2.20. The van der Waals surface area contributed by atoms with Gasteiger partial charge in [0.05, 0.1) is 23.2 Å². The highest BCUT2D eigenvalue weighted by Gasteiger charge is 2.19. The van der Waals surface area contributed by atoms with Crippen molar-refractivity contribution in [1.29, 1.82) is 0 Å². The van der Waals surface area contributed by atoms with E-state index in [-0.39, 0.29) is 10.7 Å². The van der Waals surface area contributed by atoms with Gasteiger partial charge in [0.2, 0.25) is 0 Å². The first-order valence-corrected chi connectivity index (χ1v) is 6.26. The molecule has 0 spiro atoms. The van der Waals surface area contributed by atoms with Gasteiger partial charge in [0, 0.05) is 33.4 Å². The molecule has 96 valence electrons. The molecule has 1 rings (SSSR count). The number of amides is 1. The van der Waals surface area contributed by atoms with Crippen LogP contribution >= 0.6 is 15.9 Å². The standard InChI is InChI=1S/C11H18BrN3O2/c1-8-10(5-13-15(8)3)11(16)14(2)6-9(12)7-17-4/h5,9H,6-7H2,1-4H3. The molecule has 1 atom stereocenters. The normalized spacial score (nSPS) is 12.5. The maximum absolute atomic E-state index is 12.1. The summed E-state index contributed by atoms with van der Waals surface area (Å²) in [5, 5.41) is 4.07. The van der Waals surface area contributed by atoms with Gasteiger partial charge < -0.3 is 9.64 Å². The smallest absolute Gasteiger partial charge is 0.257 e. The van der Waals surface area contributed by atoms with Gasteiger partial charge in [0.1, 0.15) is 0 Å². The molecule has 0 aromatic carbocycles. The fourth-order valence-corrected chi connectivity index (χ4v) is 2.23. The summed E-state index contributed by atoms with van der Waals surface area (Å²) in [6.07, 6.45) is 1.60. The van der Waals surface area contributed by atoms with Crippen molar-refractivity contribution in [2.75, 3.05) is 27.3 Å². The maximum Gasteiger partial charge on any atom is 0.257 e. The molecule has 17 heavy (non-hydrogen) atoms. The Kier molecular flexibility index (Phi) is 5.14. The molecule has 0 radical (unpaired) electrons. The predicted octanol–water partition coefficient (Wildman–Crippen LogP) is 1.21. The molecule has 0 aliphatic rings. The number of rotatable bonds is 5. The van der Waals surface area contributed by atoms with Crippen LogP contribution in [-0.2, 0) is 11.8 Å².